The predicted octanol–water partition coefficient (Wildman–Crippen LogP) is 20.9. The number of carbonyl (C=O) groups is 3. The van der Waals surface area contributed by atoms with Gasteiger partial charge in [0.2, 0.25) is 0 Å². The molecule has 0 aromatic carbocycles. The number of carbonyl (C=O) groups excluding carboxylic acids is 3. The van der Waals surface area contributed by atoms with Gasteiger partial charge in [0.1, 0.15) is 25.4 Å². The Morgan fingerprint density at radius 1 is 0.301 bits per heavy atom. The number of rotatable bonds is 70. The fourth-order valence-corrected chi connectivity index (χ4v) is 11.5. The first-order valence-electron chi connectivity index (χ1n) is 36.9. The van der Waals surface area contributed by atoms with Crippen LogP contribution < -0.4 is 0 Å². The summed E-state index contributed by atoms with van der Waals surface area (Å²) in [5.74, 6) is -1.59. The Labute approximate surface area is 565 Å². The molecule has 0 fully saturated rings. The highest BCUT2D eigenvalue weighted by Crippen LogP contribution is 2.45. The molecule has 16 nitrogen and oxygen atoms in total. The lowest BCUT2D eigenvalue weighted by Crippen LogP contribution is -2.30. The van der Waals surface area contributed by atoms with Crippen LogP contribution in [0.2, 0.25) is 0 Å². The highest BCUT2D eigenvalue weighted by Gasteiger charge is 2.29. The van der Waals surface area contributed by atoms with E-state index >= 15 is 0 Å². The number of hydrogen-bond donors (Lipinski definition) is 4. The van der Waals surface area contributed by atoms with Crippen LogP contribution in [0.25, 0.3) is 0 Å². The van der Waals surface area contributed by atoms with E-state index in [2.05, 4.69) is 106 Å². The van der Waals surface area contributed by atoms with Gasteiger partial charge in [-0.05, 0) is 116 Å². The summed E-state index contributed by atoms with van der Waals surface area (Å²) in [5, 5.41) is 20.6. The zero-order valence-electron chi connectivity index (χ0n) is 58.7. The zero-order valence-corrected chi connectivity index (χ0v) is 60.5. The van der Waals surface area contributed by atoms with Gasteiger partial charge in [-0.1, -0.05) is 266 Å². The van der Waals surface area contributed by atoms with Gasteiger partial charge >= 0.3 is 33.6 Å². The number of phosphoric ester groups is 2. The Morgan fingerprint density at radius 2 is 0.559 bits per heavy atom. The van der Waals surface area contributed by atoms with Crippen LogP contribution in [-0.4, -0.2) is 95.9 Å². The molecule has 4 N–H and O–H groups in total. The van der Waals surface area contributed by atoms with Crippen LogP contribution in [0.1, 0.15) is 316 Å². The quantitative estimate of drug-likeness (QED) is 0.0146. The summed E-state index contributed by atoms with van der Waals surface area (Å²) in [5.41, 5.74) is 0. The average Bonchev–Trinajstić information content (AvgIpc) is 3.75. The fourth-order valence-electron chi connectivity index (χ4n) is 9.88. The minimum absolute atomic E-state index is 0.0930. The van der Waals surface area contributed by atoms with Crippen LogP contribution in [0, 0.1) is 0 Å². The van der Waals surface area contributed by atoms with Gasteiger partial charge in [0.25, 0.3) is 0 Å². The highest BCUT2D eigenvalue weighted by molar-refractivity contribution is 7.47. The second-order valence-corrected chi connectivity index (χ2v) is 27.6. The average molecular weight is 1350 g/mol. The molecule has 0 rings (SSSR count). The van der Waals surface area contributed by atoms with Gasteiger partial charge in [-0.15, -0.1) is 0 Å². The Balaban J connectivity index is 4.37. The summed E-state index contributed by atoms with van der Waals surface area (Å²) in [4.78, 5) is 58.3. The number of aliphatic hydroxyl groups is 2. The summed E-state index contributed by atoms with van der Waals surface area (Å²) in [6.45, 7) is 2.55. The molecular weight excluding hydrogens is 1220 g/mol. The number of ether oxygens (including phenoxy) is 3. The number of hydrogen-bond acceptors (Lipinski definition) is 14. The number of unbranched alkanes of at least 4 members (excludes halogenated alkanes) is 33. The Kier molecular flexibility index (Phi) is 66.2. The fraction of sp³-hybridized carbons (Fsp3) is 0.773. The lowest BCUT2D eigenvalue weighted by molar-refractivity contribution is -0.161. The molecule has 0 saturated carbocycles. The van der Waals surface area contributed by atoms with E-state index in [0.717, 1.165) is 128 Å². The van der Waals surface area contributed by atoms with Gasteiger partial charge in [-0.25, -0.2) is 9.13 Å². The van der Waals surface area contributed by atoms with Crippen LogP contribution >= 0.6 is 15.6 Å². The van der Waals surface area contributed by atoms with Crippen molar-refractivity contribution in [2.75, 3.05) is 39.6 Å². The molecular formula is C75H134O16P2. The summed E-state index contributed by atoms with van der Waals surface area (Å²) >= 11 is 0. The SMILES string of the molecule is CCC/C=C\C/C=C\CCCCCCCC(=O)OCC(COP(=O)(O)OCC(O)COP(=O)(O)OCC(O)COC(=O)CCCCCCCCCCCCCCCCC/C=C\C/C=C\C/C=C\C/C=C\CCCCC)OC(=O)CCCCCCC/C=C\CCCCCC. The number of esters is 3. The summed E-state index contributed by atoms with van der Waals surface area (Å²) in [6, 6.07) is 0. The van der Waals surface area contributed by atoms with Crippen molar-refractivity contribution in [2.24, 2.45) is 0 Å². The maximum Gasteiger partial charge on any atom is 0.472 e. The normalized spacial score (nSPS) is 14.6. The van der Waals surface area contributed by atoms with E-state index in [1.54, 1.807) is 0 Å². The molecule has 540 valence electrons. The van der Waals surface area contributed by atoms with Crippen molar-refractivity contribution in [2.45, 2.75) is 334 Å². The van der Waals surface area contributed by atoms with Gasteiger partial charge < -0.3 is 34.2 Å². The molecule has 0 spiro atoms. The van der Waals surface area contributed by atoms with Crippen molar-refractivity contribution in [3.8, 4) is 0 Å². The Hall–Kier alpha value is -3.27. The molecule has 0 aliphatic carbocycles. The molecule has 93 heavy (non-hydrogen) atoms. The molecule has 5 atom stereocenters. The topological polar surface area (TPSA) is 231 Å². The second kappa shape index (κ2) is 68.7. The molecule has 0 amide bonds. The van der Waals surface area contributed by atoms with Gasteiger partial charge in [0.15, 0.2) is 6.10 Å². The zero-order chi connectivity index (χ0) is 68.1. The monoisotopic (exact) mass is 1350 g/mol. The molecule has 0 aromatic rings. The first kappa shape index (κ1) is 89.7. The molecule has 18 heteroatoms. The van der Waals surface area contributed by atoms with Gasteiger partial charge in [0, 0.05) is 19.3 Å². The van der Waals surface area contributed by atoms with E-state index in [9.17, 15) is 43.5 Å². The summed E-state index contributed by atoms with van der Waals surface area (Å²) in [6.07, 6.45) is 75.2. The summed E-state index contributed by atoms with van der Waals surface area (Å²) < 4.78 is 60.9. The van der Waals surface area contributed by atoms with Crippen molar-refractivity contribution in [1.29, 1.82) is 0 Å². The van der Waals surface area contributed by atoms with Gasteiger partial charge in [-0.2, -0.15) is 0 Å². The third kappa shape index (κ3) is 69.9. The minimum atomic E-state index is -4.92. The van der Waals surface area contributed by atoms with E-state index in [1.165, 1.54) is 128 Å². The third-order valence-electron chi connectivity index (χ3n) is 15.5. The third-order valence-corrected chi connectivity index (χ3v) is 17.4. The van der Waals surface area contributed by atoms with Crippen LogP contribution in [0.3, 0.4) is 0 Å². The van der Waals surface area contributed by atoms with Gasteiger partial charge in [-0.3, -0.25) is 32.5 Å². The Morgan fingerprint density at radius 3 is 0.925 bits per heavy atom. The van der Waals surface area contributed by atoms with Crippen LogP contribution in [0.4, 0.5) is 0 Å². The number of aliphatic hydroxyl groups excluding tert-OH is 2. The number of phosphoric acid groups is 2. The molecule has 0 heterocycles. The van der Waals surface area contributed by atoms with E-state index in [-0.39, 0.29) is 19.3 Å². The van der Waals surface area contributed by atoms with Crippen molar-refractivity contribution in [3.63, 3.8) is 0 Å². The first-order chi connectivity index (χ1) is 45.2. The molecule has 0 aromatic heterocycles. The lowest BCUT2D eigenvalue weighted by Gasteiger charge is -2.21. The molecule has 0 aliphatic heterocycles. The molecule has 5 unspecified atom stereocenters. The molecule has 0 saturated heterocycles. The smallest absolute Gasteiger partial charge is 0.463 e. The maximum atomic E-state index is 12.9. The molecule has 0 radical (unpaired) electrons. The largest absolute Gasteiger partial charge is 0.472 e. The predicted molar refractivity (Wildman–Crippen MR) is 381 cm³/mol. The minimum Gasteiger partial charge on any atom is -0.463 e. The first-order valence-corrected chi connectivity index (χ1v) is 39.9. The van der Waals surface area contributed by atoms with E-state index in [0.29, 0.717) is 19.3 Å². The van der Waals surface area contributed by atoms with Crippen LogP contribution in [0.15, 0.2) is 85.1 Å². The van der Waals surface area contributed by atoms with E-state index in [1.807, 2.05) is 0 Å². The van der Waals surface area contributed by atoms with Crippen molar-refractivity contribution in [3.05, 3.63) is 85.1 Å². The van der Waals surface area contributed by atoms with Crippen molar-refractivity contribution < 1.29 is 75.8 Å². The van der Waals surface area contributed by atoms with Crippen LogP contribution in [-0.2, 0) is 55.8 Å². The van der Waals surface area contributed by atoms with Gasteiger partial charge in [0.05, 0.1) is 26.4 Å². The van der Waals surface area contributed by atoms with Crippen molar-refractivity contribution in [1.82, 2.24) is 0 Å². The Bertz CT molecular complexity index is 2040. The van der Waals surface area contributed by atoms with E-state index < -0.39 is 91.5 Å². The summed E-state index contributed by atoms with van der Waals surface area (Å²) in [7, 11) is -9.77. The molecule has 0 aliphatic rings. The standard InChI is InChI=1S/C75H134O16P2/c1-4-7-10-13-16-19-22-25-26-27-28-29-30-31-32-33-34-35-36-37-38-39-40-41-42-45-47-49-52-55-58-61-73(78)85-64-70(76)65-87-92(81,82)88-66-71(77)67-89-93(83,84)90-69-72(91-75(80)63-60-57-54-51-48-44-24-21-18-15-12-9-6-3)68-86-74(79)62-59-56-53-50-46-43-23-20-17-14-11-8-5-2/h11,14,16,19-21,23-26,28-29,31-32,70-72,76-77H,4-10,12-13,15,17-18,22,27,30,33-69H2,1-3H3,(H,81,82)(H,83,84)/b14-11-,19-16-,23-20-,24-21-,26-25-,29-28-,32-31-. The maximum absolute atomic E-state index is 12.9. The second-order valence-electron chi connectivity index (χ2n) is 24.7. The highest BCUT2D eigenvalue weighted by atomic mass is 31.2. The van der Waals surface area contributed by atoms with E-state index in [4.69, 9.17) is 32.3 Å². The van der Waals surface area contributed by atoms with Crippen molar-refractivity contribution >= 4 is 33.6 Å². The molecule has 0 bridgehead atoms. The van der Waals surface area contributed by atoms with Crippen LogP contribution in [0.5, 0.6) is 0 Å². The number of allylic oxidation sites excluding steroid dienone is 14. The lowest BCUT2D eigenvalue weighted by atomic mass is 10.0.